The van der Waals surface area contributed by atoms with Gasteiger partial charge in [-0.25, -0.2) is 0 Å². The van der Waals surface area contributed by atoms with E-state index in [4.69, 9.17) is 4.74 Å². The number of anilines is 1. The Morgan fingerprint density at radius 2 is 1.88 bits per heavy atom. The van der Waals surface area contributed by atoms with Gasteiger partial charge in [-0.1, -0.05) is 12.1 Å². The van der Waals surface area contributed by atoms with Crippen LogP contribution in [-0.2, 0) is 14.1 Å². The van der Waals surface area contributed by atoms with Gasteiger partial charge < -0.3 is 19.2 Å². The van der Waals surface area contributed by atoms with Crippen LogP contribution in [0.25, 0.3) is 10.9 Å². The van der Waals surface area contributed by atoms with Crippen LogP contribution in [0.5, 0.6) is 5.75 Å². The molecule has 3 aromatic rings. The van der Waals surface area contributed by atoms with Crippen LogP contribution in [0.2, 0.25) is 0 Å². The first kappa shape index (κ1) is 16.8. The molecule has 3 rings (SSSR count). The third-order valence-electron chi connectivity index (χ3n) is 4.16. The molecule has 130 valence electrons. The molecule has 0 saturated heterocycles. The summed E-state index contributed by atoms with van der Waals surface area (Å²) in [5.41, 5.74) is 2.45. The molecule has 6 heteroatoms. The van der Waals surface area contributed by atoms with Crippen molar-refractivity contribution >= 4 is 22.5 Å². The second kappa shape index (κ2) is 6.47. The average Bonchev–Trinajstić information content (AvgIpc) is 2.93. The van der Waals surface area contributed by atoms with Crippen LogP contribution in [-0.4, -0.2) is 21.6 Å². The molecule has 2 heterocycles. The number of hydrogen-bond acceptors (Lipinski definition) is 3. The Kier molecular flexibility index (Phi) is 4.35. The SMILES string of the molecule is CCOc1ccccc1NC(=O)c1cn(C)c2c(C)cn(C)c(=O)c12. The summed E-state index contributed by atoms with van der Waals surface area (Å²) < 4.78 is 8.86. The first-order valence-corrected chi connectivity index (χ1v) is 8.12. The van der Waals surface area contributed by atoms with Gasteiger partial charge in [0, 0.05) is 26.5 Å². The van der Waals surface area contributed by atoms with Crippen molar-refractivity contribution < 1.29 is 9.53 Å². The maximum absolute atomic E-state index is 12.8. The van der Waals surface area contributed by atoms with Crippen molar-refractivity contribution in [2.45, 2.75) is 13.8 Å². The fraction of sp³-hybridized carbons (Fsp3) is 0.263. The highest BCUT2D eigenvalue weighted by atomic mass is 16.5. The number of para-hydroxylation sites is 2. The molecule has 1 amide bonds. The molecule has 0 radical (unpaired) electrons. The van der Waals surface area contributed by atoms with E-state index >= 15 is 0 Å². The van der Waals surface area contributed by atoms with E-state index in [0.29, 0.717) is 29.0 Å². The summed E-state index contributed by atoms with van der Waals surface area (Å²) in [6, 6.07) is 7.24. The first-order chi connectivity index (χ1) is 11.9. The maximum atomic E-state index is 12.8. The number of aromatic nitrogens is 2. The van der Waals surface area contributed by atoms with Crippen molar-refractivity contribution in [3.8, 4) is 5.75 Å². The minimum absolute atomic E-state index is 0.190. The van der Waals surface area contributed by atoms with Gasteiger partial charge in [0.2, 0.25) is 0 Å². The quantitative estimate of drug-likeness (QED) is 0.795. The van der Waals surface area contributed by atoms with Gasteiger partial charge in [-0.05, 0) is 31.5 Å². The summed E-state index contributed by atoms with van der Waals surface area (Å²) in [7, 11) is 3.52. The zero-order valence-corrected chi connectivity index (χ0v) is 14.8. The molecule has 25 heavy (non-hydrogen) atoms. The molecule has 0 aliphatic carbocycles. The van der Waals surface area contributed by atoms with Crippen LogP contribution in [0.15, 0.2) is 41.5 Å². The van der Waals surface area contributed by atoms with E-state index in [1.165, 1.54) is 4.57 Å². The largest absolute Gasteiger partial charge is 0.492 e. The second-order valence-electron chi connectivity index (χ2n) is 5.99. The number of nitrogens with zero attached hydrogens (tertiary/aromatic N) is 2. The van der Waals surface area contributed by atoms with E-state index in [1.54, 1.807) is 31.6 Å². The number of nitrogens with one attached hydrogen (secondary N) is 1. The third-order valence-corrected chi connectivity index (χ3v) is 4.16. The minimum atomic E-state index is -0.333. The highest BCUT2D eigenvalue weighted by Gasteiger charge is 2.20. The van der Waals surface area contributed by atoms with E-state index in [1.807, 2.05) is 37.6 Å². The van der Waals surface area contributed by atoms with Gasteiger partial charge in [0.05, 0.1) is 28.8 Å². The molecule has 1 aromatic carbocycles. The molecule has 0 unspecified atom stereocenters. The van der Waals surface area contributed by atoms with Crippen LogP contribution < -0.4 is 15.6 Å². The normalized spacial score (nSPS) is 10.9. The minimum Gasteiger partial charge on any atom is -0.492 e. The van der Waals surface area contributed by atoms with E-state index < -0.39 is 0 Å². The molecule has 0 fully saturated rings. The van der Waals surface area contributed by atoms with Crippen LogP contribution in [0, 0.1) is 6.92 Å². The number of ether oxygens (including phenoxy) is 1. The Bertz CT molecular complexity index is 1010. The van der Waals surface area contributed by atoms with Crippen LogP contribution in [0.4, 0.5) is 5.69 Å². The smallest absolute Gasteiger partial charge is 0.260 e. The van der Waals surface area contributed by atoms with Gasteiger partial charge in [0.25, 0.3) is 11.5 Å². The number of fused-ring (bicyclic) bond motifs is 1. The standard InChI is InChI=1S/C19H21N3O3/c1-5-25-15-9-7-6-8-14(15)20-18(23)13-11-21(3)17-12(2)10-22(4)19(24)16(13)17/h6-11H,5H2,1-4H3,(H,20,23). The number of benzene rings is 1. The van der Waals surface area contributed by atoms with Gasteiger partial charge in [-0.2, -0.15) is 0 Å². The molecule has 0 atom stereocenters. The number of hydrogen-bond donors (Lipinski definition) is 1. The molecule has 6 nitrogen and oxygen atoms in total. The summed E-state index contributed by atoms with van der Waals surface area (Å²) >= 11 is 0. The van der Waals surface area contributed by atoms with Gasteiger partial charge in [-0.3, -0.25) is 9.59 Å². The van der Waals surface area contributed by atoms with Gasteiger partial charge in [0.1, 0.15) is 5.75 Å². The summed E-state index contributed by atoms with van der Waals surface area (Å²) in [5.74, 6) is 0.267. The lowest BCUT2D eigenvalue weighted by Crippen LogP contribution is -2.20. The van der Waals surface area contributed by atoms with Crippen molar-refractivity contribution in [1.29, 1.82) is 0 Å². The average molecular weight is 339 g/mol. The van der Waals surface area contributed by atoms with Crippen molar-refractivity contribution in [2.75, 3.05) is 11.9 Å². The zero-order chi connectivity index (χ0) is 18.1. The lowest BCUT2D eigenvalue weighted by atomic mass is 10.1. The molecule has 1 N–H and O–H groups in total. The topological polar surface area (TPSA) is 65.3 Å². The third kappa shape index (κ3) is 2.91. The zero-order valence-electron chi connectivity index (χ0n) is 14.8. The fourth-order valence-corrected chi connectivity index (χ4v) is 3.12. The number of aryl methyl sites for hydroxylation is 3. The Labute approximate surface area is 145 Å². The maximum Gasteiger partial charge on any atom is 0.260 e. The molecule has 0 spiro atoms. The second-order valence-corrected chi connectivity index (χ2v) is 5.99. The monoisotopic (exact) mass is 339 g/mol. The molecule has 0 bridgehead atoms. The van der Waals surface area contributed by atoms with Crippen LogP contribution >= 0.6 is 0 Å². The highest BCUT2D eigenvalue weighted by molar-refractivity contribution is 6.13. The van der Waals surface area contributed by atoms with Crippen LogP contribution in [0.1, 0.15) is 22.8 Å². The summed E-state index contributed by atoms with van der Waals surface area (Å²) in [6.45, 7) is 4.31. The fourth-order valence-electron chi connectivity index (χ4n) is 3.12. The lowest BCUT2D eigenvalue weighted by molar-refractivity contribution is 0.102. The molecule has 0 aliphatic rings. The Morgan fingerprint density at radius 3 is 2.60 bits per heavy atom. The van der Waals surface area contributed by atoms with E-state index in [-0.39, 0.29) is 11.5 Å². The molecular weight excluding hydrogens is 318 g/mol. The number of pyridine rings is 1. The van der Waals surface area contributed by atoms with Gasteiger partial charge in [0.15, 0.2) is 0 Å². The lowest BCUT2D eigenvalue weighted by Gasteiger charge is -2.11. The predicted octanol–water partition coefficient (Wildman–Crippen LogP) is 2.84. The molecular formula is C19H21N3O3. The summed E-state index contributed by atoms with van der Waals surface area (Å²) in [4.78, 5) is 25.4. The van der Waals surface area contributed by atoms with E-state index in [0.717, 1.165) is 11.1 Å². The number of carbonyl (C=O) groups is 1. The summed E-state index contributed by atoms with van der Waals surface area (Å²) in [5, 5.41) is 3.29. The van der Waals surface area contributed by atoms with Crippen molar-refractivity contribution in [3.63, 3.8) is 0 Å². The van der Waals surface area contributed by atoms with E-state index in [2.05, 4.69) is 5.32 Å². The van der Waals surface area contributed by atoms with Crippen molar-refractivity contribution in [1.82, 2.24) is 9.13 Å². The highest BCUT2D eigenvalue weighted by Crippen LogP contribution is 2.26. The van der Waals surface area contributed by atoms with Crippen molar-refractivity contribution in [3.05, 3.63) is 58.1 Å². The summed E-state index contributed by atoms with van der Waals surface area (Å²) in [6.07, 6.45) is 3.47. The molecule has 0 aliphatic heterocycles. The van der Waals surface area contributed by atoms with Gasteiger partial charge in [-0.15, -0.1) is 0 Å². The first-order valence-electron chi connectivity index (χ1n) is 8.12. The number of amides is 1. The van der Waals surface area contributed by atoms with Crippen molar-refractivity contribution in [2.24, 2.45) is 14.1 Å². The predicted molar refractivity (Wildman–Crippen MR) is 98.5 cm³/mol. The number of rotatable bonds is 4. The van der Waals surface area contributed by atoms with Crippen LogP contribution in [0.3, 0.4) is 0 Å². The molecule has 2 aromatic heterocycles. The Hall–Kier alpha value is -3.02. The Morgan fingerprint density at radius 1 is 1.16 bits per heavy atom. The van der Waals surface area contributed by atoms with Gasteiger partial charge >= 0.3 is 0 Å². The molecule has 0 saturated carbocycles. The Balaban J connectivity index is 2.09. The number of carbonyl (C=O) groups excluding carboxylic acids is 1. The van der Waals surface area contributed by atoms with E-state index in [9.17, 15) is 9.59 Å².